The number of aromatic nitrogens is 1. The van der Waals surface area contributed by atoms with Crippen molar-refractivity contribution in [2.45, 2.75) is 31.8 Å². The van der Waals surface area contributed by atoms with Gasteiger partial charge in [-0.3, -0.25) is 4.79 Å². The van der Waals surface area contributed by atoms with Gasteiger partial charge in [0.15, 0.2) is 0 Å². The van der Waals surface area contributed by atoms with Gasteiger partial charge in [-0.05, 0) is 49.6 Å². The molecule has 0 saturated heterocycles. The molecule has 1 unspecified atom stereocenters. The number of carbonyl (C=O) groups excluding carboxylic acids is 1. The Morgan fingerprint density at radius 3 is 2.68 bits per heavy atom. The predicted molar refractivity (Wildman–Crippen MR) is 92.4 cm³/mol. The Morgan fingerprint density at radius 2 is 2.05 bits per heavy atom. The third-order valence-electron chi connectivity index (χ3n) is 3.46. The lowest BCUT2D eigenvalue weighted by molar-refractivity contribution is -0.119. The van der Waals surface area contributed by atoms with Crippen molar-refractivity contribution < 1.29 is 4.79 Å². The van der Waals surface area contributed by atoms with Crippen LogP contribution in [0.3, 0.4) is 0 Å². The molecule has 1 atom stereocenters. The number of benzene rings is 1. The number of carbonyl (C=O) groups is 1. The Labute approximate surface area is 140 Å². The van der Waals surface area contributed by atoms with Crippen molar-refractivity contribution in [1.29, 1.82) is 0 Å². The minimum Gasteiger partial charge on any atom is -0.349 e. The second-order valence-corrected chi connectivity index (χ2v) is 6.67. The summed E-state index contributed by atoms with van der Waals surface area (Å²) in [4.78, 5) is 16.2. The van der Waals surface area contributed by atoms with Gasteiger partial charge in [-0.1, -0.05) is 41.6 Å². The standard InChI is InChI=1S/C17H19ClN2OS/c1-11-4-5-14(8-12(11)2)13(3)20-16(21)10-22-17-7-6-15(18)9-19-17/h4-9,13H,10H2,1-3H3,(H,20,21). The SMILES string of the molecule is Cc1ccc(C(C)NC(=O)CSc2ccc(Cl)cn2)cc1C. The maximum Gasteiger partial charge on any atom is 0.230 e. The van der Waals surface area contributed by atoms with E-state index in [1.54, 1.807) is 12.3 Å². The molecule has 2 rings (SSSR count). The van der Waals surface area contributed by atoms with Gasteiger partial charge in [-0.15, -0.1) is 0 Å². The van der Waals surface area contributed by atoms with E-state index in [1.165, 1.54) is 22.9 Å². The van der Waals surface area contributed by atoms with Crippen LogP contribution in [0, 0.1) is 13.8 Å². The molecule has 1 aromatic carbocycles. The van der Waals surface area contributed by atoms with Gasteiger partial charge in [0.1, 0.15) is 0 Å². The fraction of sp³-hybridized carbons (Fsp3) is 0.294. The van der Waals surface area contributed by atoms with E-state index in [4.69, 9.17) is 11.6 Å². The lowest BCUT2D eigenvalue weighted by Gasteiger charge is -2.15. The highest BCUT2D eigenvalue weighted by molar-refractivity contribution is 7.99. The number of nitrogens with one attached hydrogen (secondary N) is 1. The van der Waals surface area contributed by atoms with E-state index in [-0.39, 0.29) is 11.9 Å². The lowest BCUT2D eigenvalue weighted by atomic mass is 10.0. The van der Waals surface area contributed by atoms with Crippen LogP contribution in [0.4, 0.5) is 0 Å². The number of thioether (sulfide) groups is 1. The molecule has 0 saturated carbocycles. The van der Waals surface area contributed by atoms with Crippen molar-refractivity contribution in [3.05, 3.63) is 58.2 Å². The normalized spacial score (nSPS) is 12.0. The first-order valence-electron chi connectivity index (χ1n) is 7.06. The molecule has 1 heterocycles. The Kier molecular flexibility index (Phi) is 5.86. The van der Waals surface area contributed by atoms with Crippen molar-refractivity contribution in [2.24, 2.45) is 0 Å². The Bertz CT molecular complexity index is 658. The molecule has 116 valence electrons. The maximum absolute atomic E-state index is 12.0. The van der Waals surface area contributed by atoms with E-state index in [1.807, 2.05) is 13.0 Å². The minimum atomic E-state index is -0.00873. The fourth-order valence-corrected chi connectivity index (χ4v) is 2.75. The van der Waals surface area contributed by atoms with Crippen LogP contribution in [0.5, 0.6) is 0 Å². The zero-order chi connectivity index (χ0) is 16.1. The zero-order valence-corrected chi connectivity index (χ0v) is 14.5. The molecule has 2 aromatic rings. The molecule has 0 fully saturated rings. The summed E-state index contributed by atoms with van der Waals surface area (Å²) in [6.07, 6.45) is 1.58. The van der Waals surface area contributed by atoms with Gasteiger partial charge in [0, 0.05) is 6.20 Å². The van der Waals surface area contributed by atoms with Crippen LogP contribution < -0.4 is 5.32 Å². The van der Waals surface area contributed by atoms with Gasteiger partial charge in [-0.25, -0.2) is 4.98 Å². The number of aryl methyl sites for hydroxylation is 2. The highest BCUT2D eigenvalue weighted by Crippen LogP contribution is 2.19. The van der Waals surface area contributed by atoms with Crippen molar-refractivity contribution in [2.75, 3.05) is 5.75 Å². The van der Waals surface area contributed by atoms with Crippen LogP contribution in [0.25, 0.3) is 0 Å². The summed E-state index contributed by atoms with van der Waals surface area (Å²) in [6.45, 7) is 6.15. The Hall–Kier alpha value is -1.52. The van der Waals surface area contributed by atoms with Crippen molar-refractivity contribution in [1.82, 2.24) is 10.3 Å². The third kappa shape index (κ3) is 4.75. The second-order valence-electron chi connectivity index (χ2n) is 5.24. The molecule has 1 amide bonds. The van der Waals surface area contributed by atoms with Crippen molar-refractivity contribution >= 4 is 29.3 Å². The molecule has 0 spiro atoms. The quantitative estimate of drug-likeness (QED) is 0.828. The number of hydrogen-bond donors (Lipinski definition) is 1. The van der Waals surface area contributed by atoms with Gasteiger partial charge in [0.25, 0.3) is 0 Å². The summed E-state index contributed by atoms with van der Waals surface area (Å²) in [5.74, 6) is 0.330. The van der Waals surface area contributed by atoms with Gasteiger partial charge >= 0.3 is 0 Å². The summed E-state index contributed by atoms with van der Waals surface area (Å²) in [5.41, 5.74) is 3.61. The zero-order valence-electron chi connectivity index (χ0n) is 12.9. The van der Waals surface area contributed by atoms with E-state index in [0.717, 1.165) is 10.6 Å². The van der Waals surface area contributed by atoms with Gasteiger partial charge in [0.2, 0.25) is 5.91 Å². The molecule has 0 aliphatic heterocycles. The van der Waals surface area contributed by atoms with E-state index < -0.39 is 0 Å². The highest BCUT2D eigenvalue weighted by atomic mass is 35.5. The van der Waals surface area contributed by atoms with E-state index in [9.17, 15) is 4.79 Å². The second kappa shape index (κ2) is 7.65. The van der Waals surface area contributed by atoms with Crippen molar-refractivity contribution in [3.8, 4) is 0 Å². The number of amides is 1. The average molecular weight is 335 g/mol. The molecule has 5 heteroatoms. The minimum absolute atomic E-state index is 0.00696. The van der Waals surface area contributed by atoms with Crippen LogP contribution in [-0.4, -0.2) is 16.6 Å². The number of halogens is 1. The largest absolute Gasteiger partial charge is 0.349 e. The Morgan fingerprint density at radius 1 is 1.27 bits per heavy atom. The molecule has 3 nitrogen and oxygen atoms in total. The van der Waals surface area contributed by atoms with Crippen LogP contribution in [-0.2, 0) is 4.79 Å². The maximum atomic E-state index is 12.0. The first-order valence-corrected chi connectivity index (χ1v) is 8.43. The summed E-state index contributed by atoms with van der Waals surface area (Å²) in [6, 6.07) is 9.83. The molecule has 1 N–H and O–H groups in total. The van der Waals surface area contributed by atoms with Crippen LogP contribution in [0.1, 0.15) is 29.7 Å². The third-order valence-corrected chi connectivity index (χ3v) is 4.63. The van der Waals surface area contributed by atoms with Crippen LogP contribution in [0.15, 0.2) is 41.6 Å². The van der Waals surface area contributed by atoms with Crippen molar-refractivity contribution in [3.63, 3.8) is 0 Å². The van der Waals surface area contributed by atoms with E-state index >= 15 is 0 Å². The topological polar surface area (TPSA) is 42.0 Å². The summed E-state index contributed by atoms with van der Waals surface area (Å²) >= 11 is 7.18. The smallest absolute Gasteiger partial charge is 0.230 e. The number of nitrogens with zero attached hydrogens (tertiary/aromatic N) is 1. The first-order chi connectivity index (χ1) is 10.5. The lowest BCUT2D eigenvalue weighted by Crippen LogP contribution is -2.28. The monoisotopic (exact) mass is 334 g/mol. The highest BCUT2D eigenvalue weighted by Gasteiger charge is 2.11. The molecule has 0 bridgehead atoms. The molecular weight excluding hydrogens is 316 g/mol. The molecule has 22 heavy (non-hydrogen) atoms. The molecule has 1 aromatic heterocycles. The Balaban J connectivity index is 1.88. The molecular formula is C17H19ClN2OS. The molecule has 0 aliphatic carbocycles. The summed E-state index contributed by atoms with van der Waals surface area (Å²) in [7, 11) is 0. The van der Waals surface area contributed by atoms with Crippen LogP contribution in [0.2, 0.25) is 5.02 Å². The number of rotatable bonds is 5. The van der Waals surface area contributed by atoms with Gasteiger partial charge in [-0.2, -0.15) is 0 Å². The average Bonchev–Trinajstić information content (AvgIpc) is 2.49. The number of hydrogen-bond acceptors (Lipinski definition) is 3. The fourth-order valence-electron chi connectivity index (χ4n) is 1.99. The number of pyridine rings is 1. The van der Waals surface area contributed by atoms with Gasteiger partial charge in [0.05, 0.1) is 21.8 Å². The summed E-state index contributed by atoms with van der Waals surface area (Å²) in [5, 5.41) is 4.40. The van der Waals surface area contributed by atoms with Crippen LogP contribution >= 0.6 is 23.4 Å². The summed E-state index contributed by atoms with van der Waals surface area (Å²) < 4.78 is 0. The van der Waals surface area contributed by atoms with Gasteiger partial charge < -0.3 is 5.32 Å². The molecule has 0 radical (unpaired) electrons. The van der Waals surface area contributed by atoms with E-state index in [2.05, 4.69) is 42.3 Å². The van der Waals surface area contributed by atoms with E-state index in [0.29, 0.717) is 10.8 Å². The predicted octanol–water partition coefficient (Wildman–Crippen LogP) is 4.32. The molecule has 0 aliphatic rings. The first kappa shape index (κ1) is 16.8.